The van der Waals surface area contributed by atoms with Crippen molar-refractivity contribution < 1.29 is 0 Å². The van der Waals surface area contributed by atoms with Crippen LogP contribution in [-0.2, 0) is 12.8 Å². The Labute approximate surface area is 91.7 Å². The number of hydrogen-bond acceptors (Lipinski definition) is 1. The molecule has 1 atom stereocenters. The first-order chi connectivity index (χ1) is 7.31. The summed E-state index contributed by atoms with van der Waals surface area (Å²) in [7, 11) is 0. The number of aryl methyl sites for hydroxylation is 2. The van der Waals surface area contributed by atoms with Crippen LogP contribution in [0.5, 0.6) is 0 Å². The predicted octanol–water partition coefficient (Wildman–Crippen LogP) is 2.59. The minimum atomic E-state index is 0.0725. The van der Waals surface area contributed by atoms with Gasteiger partial charge in [-0.2, -0.15) is 0 Å². The molecule has 0 saturated heterocycles. The Balaban J connectivity index is 2.17. The molecule has 1 aliphatic carbocycles. The normalized spacial score (nSPS) is 15.3. The maximum absolute atomic E-state index is 6.07. The van der Waals surface area contributed by atoms with Gasteiger partial charge in [0.05, 0.1) is 0 Å². The molecule has 0 aliphatic heterocycles. The molecule has 1 aromatic carbocycles. The van der Waals surface area contributed by atoms with Crippen LogP contribution in [0.15, 0.2) is 18.2 Å². The zero-order valence-corrected chi connectivity index (χ0v) is 9.22. The number of rotatable bonds is 2. The maximum atomic E-state index is 6.07. The van der Waals surface area contributed by atoms with E-state index < -0.39 is 0 Å². The van der Waals surface area contributed by atoms with Crippen LogP contribution in [0.4, 0.5) is 0 Å². The Morgan fingerprint density at radius 3 is 2.93 bits per heavy atom. The van der Waals surface area contributed by atoms with E-state index in [2.05, 4.69) is 30.0 Å². The molecule has 0 fully saturated rings. The van der Waals surface area contributed by atoms with Gasteiger partial charge >= 0.3 is 0 Å². The van der Waals surface area contributed by atoms with Crippen LogP contribution in [0, 0.1) is 11.8 Å². The maximum Gasteiger partial charge on any atom is 0.0405 e. The van der Waals surface area contributed by atoms with Gasteiger partial charge in [-0.05, 0) is 42.9 Å². The fourth-order valence-corrected chi connectivity index (χ4v) is 2.15. The Morgan fingerprint density at radius 2 is 2.13 bits per heavy atom. The average molecular weight is 199 g/mol. The summed E-state index contributed by atoms with van der Waals surface area (Å²) in [6.07, 6.45) is 4.51. The molecule has 0 heterocycles. The van der Waals surface area contributed by atoms with E-state index in [0.717, 1.165) is 6.42 Å². The van der Waals surface area contributed by atoms with Gasteiger partial charge in [0.15, 0.2) is 0 Å². The molecule has 1 aliphatic rings. The first kappa shape index (κ1) is 10.3. The number of fused-ring (bicyclic) bond motifs is 1. The molecule has 15 heavy (non-hydrogen) atoms. The quantitative estimate of drug-likeness (QED) is 0.728. The van der Waals surface area contributed by atoms with Gasteiger partial charge in [-0.15, -0.1) is 11.8 Å². The van der Waals surface area contributed by atoms with Crippen molar-refractivity contribution in [2.24, 2.45) is 5.73 Å². The topological polar surface area (TPSA) is 26.0 Å². The smallest absolute Gasteiger partial charge is 0.0405 e. The second kappa shape index (κ2) is 4.51. The van der Waals surface area contributed by atoms with Crippen LogP contribution in [0.1, 0.15) is 42.5 Å². The van der Waals surface area contributed by atoms with E-state index in [-0.39, 0.29) is 6.04 Å². The summed E-state index contributed by atoms with van der Waals surface area (Å²) in [6.45, 7) is 1.86. The second-order valence-electron chi connectivity index (χ2n) is 4.12. The van der Waals surface area contributed by atoms with Gasteiger partial charge in [0, 0.05) is 12.5 Å². The van der Waals surface area contributed by atoms with Crippen molar-refractivity contribution in [2.45, 2.75) is 38.6 Å². The lowest BCUT2D eigenvalue weighted by Crippen LogP contribution is -2.09. The first-order valence-corrected chi connectivity index (χ1v) is 5.58. The van der Waals surface area contributed by atoms with E-state index in [0.29, 0.717) is 0 Å². The number of benzene rings is 1. The van der Waals surface area contributed by atoms with E-state index in [1.165, 1.54) is 36.0 Å². The van der Waals surface area contributed by atoms with Crippen molar-refractivity contribution in [3.63, 3.8) is 0 Å². The average Bonchev–Trinajstić information content (AvgIpc) is 2.72. The molecule has 2 N–H and O–H groups in total. The van der Waals surface area contributed by atoms with E-state index in [4.69, 9.17) is 5.73 Å². The second-order valence-corrected chi connectivity index (χ2v) is 4.12. The highest BCUT2D eigenvalue weighted by molar-refractivity contribution is 5.36. The van der Waals surface area contributed by atoms with Crippen molar-refractivity contribution in [1.82, 2.24) is 0 Å². The van der Waals surface area contributed by atoms with Crippen LogP contribution >= 0.6 is 0 Å². The Morgan fingerprint density at radius 1 is 1.33 bits per heavy atom. The molecule has 1 heteroatoms. The van der Waals surface area contributed by atoms with Crippen LogP contribution in [0.2, 0.25) is 0 Å². The standard InChI is InChI=1S/C14H17N/c1-2-3-7-14(15)13-9-8-11-5-4-6-12(11)10-13/h8-10,14H,4-7,15H2,1H3. The van der Waals surface area contributed by atoms with Crippen molar-refractivity contribution in [3.8, 4) is 11.8 Å². The molecule has 78 valence electrons. The Bertz CT molecular complexity index is 409. The van der Waals surface area contributed by atoms with Crippen molar-refractivity contribution in [3.05, 3.63) is 34.9 Å². The fourth-order valence-electron chi connectivity index (χ4n) is 2.15. The molecule has 0 saturated carbocycles. The van der Waals surface area contributed by atoms with E-state index in [9.17, 15) is 0 Å². The molecule has 0 amide bonds. The van der Waals surface area contributed by atoms with Gasteiger partial charge in [-0.1, -0.05) is 18.2 Å². The minimum absolute atomic E-state index is 0.0725. The number of nitrogens with two attached hydrogens (primary N) is 1. The third-order valence-corrected chi connectivity index (χ3v) is 3.05. The van der Waals surface area contributed by atoms with Gasteiger partial charge in [0.2, 0.25) is 0 Å². The van der Waals surface area contributed by atoms with E-state index >= 15 is 0 Å². The summed E-state index contributed by atoms with van der Waals surface area (Å²) in [6, 6.07) is 6.73. The van der Waals surface area contributed by atoms with Crippen LogP contribution < -0.4 is 5.73 Å². The molecule has 0 spiro atoms. The minimum Gasteiger partial charge on any atom is -0.323 e. The summed E-state index contributed by atoms with van der Waals surface area (Å²) in [5, 5.41) is 0. The zero-order chi connectivity index (χ0) is 10.7. The third-order valence-electron chi connectivity index (χ3n) is 3.05. The summed E-state index contributed by atoms with van der Waals surface area (Å²) >= 11 is 0. The summed E-state index contributed by atoms with van der Waals surface area (Å²) in [5.74, 6) is 5.93. The van der Waals surface area contributed by atoms with Crippen LogP contribution in [0.25, 0.3) is 0 Å². The SMILES string of the molecule is CC#CCC(N)c1ccc2c(c1)CCC2. The highest BCUT2D eigenvalue weighted by Gasteiger charge is 2.12. The van der Waals surface area contributed by atoms with Gasteiger partial charge in [0.1, 0.15) is 0 Å². The molecule has 0 aromatic heterocycles. The van der Waals surface area contributed by atoms with Gasteiger partial charge in [-0.3, -0.25) is 0 Å². The van der Waals surface area contributed by atoms with Crippen molar-refractivity contribution >= 4 is 0 Å². The third kappa shape index (κ3) is 2.22. The zero-order valence-electron chi connectivity index (χ0n) is 9.22. The largest absolute Gasteiger partial charge is 0.323 e. The molecule has 0 radical (unpaired) electrons. The van der Waals surface area contributed by atoms with Crippen molar-refractivity contribution in [2.75, 3.05) is 0 Å². The van der Waals surface area contributed by atoms with Crippen LogP contribution in [0.3, 0.4) is 0 Å². The highest BCUT2D eigenvalue weighted by atomic mass is 14.6. The first-order valence-electron chi connectivity index (χ1n) is 5.58. The lowest BCUT2D eigenvalue weighted by Gasteiger charge is -2.10. The molecular formula is C14H17N. The molecule has 1 aromatic rings. The summed E-state index contributed by atoms with van der Waals surface area (Å²) < 4.78 is 0. The molecule has 1 nitrogen and oxygen atoms in total. The van der Waals surface area contributed by atoms with Gasteiger partial charge in [-0.25, -0.2) is 0 Å². The van der Waals surface area contributed by atoms with E-state index in [1.807, 2.05) is 6.92 Å². The Hall–Kier alpha value is -1.26. The molecule has 1 unspecified atom stereocenters. The van der Waals surface area contributed by atoms with E-state index in [1.54, 1.807) is 0 Å². The Kier molecular flexibility index (Phi) is 3.08. The molecule has 2 rings (SSSR count). The monoisotopic (exact) mass is 199 g/mol. The highest BCUT2D eigenvalue weighted by Crippen LogP contribution is 2.25. The lowest BCUT2D eigenvalue weighted by molar-refractivity contribution is 0.752. The van der Waals surface area contributed by atoms with Crippen LogP contribution in [-0.4, -0.2) is 0 Å². The van der Waals surface area contributed by atoms with Crippen molar-refractivity contribution in [1.29, 1.82) is 0 Å². The molecule has 0 bridgehead atoms. The van der Waals surface area contributed by atoms with Gasteiger partial charge in [0.25, 0.3) is 0 Å². The van der Waals surface area contributed by atoms with Gasteiger partial charge < -0.3 is 5.73 Å². The lowest BCUT2D eigenvalue weighted by atomic mass is 10.00. The predicted molar refractivity (Wildman–Crippen MR) is 63.5 cm³/mol. The summed E-state index contributed by atoms with van der Waals surface area (Å²) in [5.41, 5.74) is 10.3. The summed E-state index contributed by atoms with van der Waals surface area (Å²) in [4.78, 5) is 0. The number of hydrogen-bond donors (Lipinski definition) is 1. The molecular weight excluding hydrogens is 182 g/mol. The fraction of sp³-hybridized carbons (Fsp3) is 0.429.